The molecule has 0 unspecified atom stereocenters. The summed E-state index contributed by atoms with van der Waals surface area (Å²) < 4.78 is 42.7. The van der Waals surface area contributed by atoms with Crippen LogP contribution in [0.3, 0.4) is 0 Å². The first-order valence-corrected chi connectivity index (χ1v) is 10.1. The van der Waals surface area contributed by atoms with Crippen molar-refractivity contribution in [2.75, 3.05) is 5.32 Å². The summed E-state index contributed by atoms with van der Waals surface area (Å²) in [5.41, 5.74) is 1.31. The lowest BCUT2D eigenvalue weighted by Gasteiger charge is -2.12. The fraction of sp³-hybridized carbons (Fsp3) is 0.286. The lowest BCUT2D eigenvalue weighted by molar-refractivity contribution is -0.274. The molecule has 2 heterocycles. The van der Waals surface area contributed by atoms with Gasteiger partial charge in [0.05, 0.1) is 5.02 Å². The Labute approximate surface area is 181 Å². The molecular formula is C21H18ClF3N4O2. The number of aromatic nitrogens is 3. The number of halogens is 4. The summed E-state index contributed by atoms with van der Waals surface area (Å²) in [5.74, 6) is 0.683. The fourth-order valence-electron chi connectivity index (χ4n) is 3.47. The number of anilines is 1. The van der Waals surface area contributed by atoms with E-state index in [1.165, 1.54) is 12.1 Å². The van der Waals surface area contributed by atoms with E-state index in [1.54, 1.807) is 18.2 Å². The first kappa shape index (κ1) is 21.2. The van der Waals surface area contributed by atoms with Gasteiger partial charge in [0, 0.05) is 29.8 Å². The van der Waals surface area contributed by atoms with Crippen LogP contribution in [0.25, 0.3) is 11.4 Å². The minimum absolute atomic E-state index is 0.183. The molecule has 0 radical (unpaired) electrons. The minimum Gasteiger partial charge on any atom is -0.406 e. The van der Waals surface area contributed by atoms with Crippen molar-refractivity contribution in [1.29, 1.82) is 0 Å². The molecule has 162 valence electrons. The number of hydrogen-bond donors (Lipinski definition) is 1. The van der Waals surface area contributed by atoms with Crippen LogP contribution >= 0.6 is 11.6 Å². The number of amides is 1. The molecule has 6 nitrogen and oxygen atoms in total. The topological polar surface area (TPSA) is 69.0 Å². The maximum Gasteiger partial charge on any atom is 0.573 e. The third-order valence-electron chi connectivity index (χ3n) is 4.92. The molecule has 0 saturated carbocycles. The number of hydrogen-bond acceptors (Lipinski definition) is 4. The molecule has 1 N–H and O–H groups in total. The van der Waals surface area contributed by atoms with Crippen LogP contribution in [-0.2, 0) is 13.0 Å². The number of carbonyl (C=O) groups is 1. The van der Waals surface area contributed by atoms with Gasteiger partial charge in [-0.15, -0.1) is 23.4 Å². The predicted octanol–water partition coefficient (Wildman–Crippen LogP) is 5.48. The quantitative estimate of drug-likeness (QED) is 0.571. The summed E-state index contributed by atoms with van der Waals surface area (Å²) in [6.07, 6.45) is -0.715. The zero-order valence-electron chi connectivity index (χ0n) is 16.2. The maximum absolute atomic E-state index is 12.5. The summed E-state index contributed by atoms with van der Waals surface area (Å²) in [5, 5.41) is 11.8. The van der Waals surface area contributed by atoms with Crippen LogP contribution in [0.1, 0.15) is 35.4 Å². The van der Waals surface area contributed by atoms with Crippen LogP contribution < -0.4 is 10.1 Å². The standard InChI is InChI=1S/C21H18ClF3N4O2/c22-17-10-7-14(12-16(17)19-28-27-18-4-2-1-3-11-29(18)19)26-20(30)13-5-8-15(9-6-13)31-21(23,24)25/h5-10,12H,1-4,11H2,(H,26,30). The molecule has 31 heavy (non-hydrogen) atoms. The Balaban J connectivity index is 1.54. The monoisotopic (exact) mass is 450 g/mol. The summed E-state index contributed by atoms with van der Waals surface area (Å²) in [4.78, 5) is 12.5. The van der Waals surface area contributed by atoms with Gasteiger partial charge in [-0.05, 0) is 55.3 Å². The van der Waals surface area contributed by atoms with Crippen molar-refractivity contribution in [2.45, 2.75) is 38.6 Å². The third-order valence-corrected chi connectivity index (χ3v) is 5.25. The third kappa shape index (κ3) is 4.99. The van der Waals surface area contributed by atoms with E-state index in [1.807, 2.05) is 0 Å². The molecule has 0 saturated heterocycles. The Bertz CT molecular complexity index is 1100. The Morgan fingerprint density at radius 3 is 2.58 bits per heavy atom. The molecule has 1 amide bonds. The van der Waals surface area contributed by atoms with Gasteiger partial charge in [0.1, 0.15) is 11.6 Å². The van der Waals surface area contributed by atoms with E-state index < -0.39 is 18.0 Å². The van der Waals surface area contributed by atoms with Crippen molar-refractivity contribution in [3.63, 3.8) is 0 Å². The van der Waals surface area contributed by atoms with Gasteiger partial charge in [0.2, 0.25) is 0 Å². The number of fused-ring (bicyclic) bond motifs is 1. The van der Waals surface area contributed by atoms with E-state index in [9.17, 15) is 18.0 Å². The number of alkyl halides is 3. The van der Waals surface area contributed by atoms with Gasteiger partial charge in [-0.1, -0.05) is 18.0 Å². The average Bonchev–Trinajstić information content (AvgIpc) is 2.96. The Kier molecular flexibility index (Phi) is 5.86. The van der Waals surface area contributed by atoms with Gasteiger partial charge in [-0.2, -0.15) is 0 Å². The number of nitrogens with zero attached hydrogens (tertiary/aromatic N) is 3. The largest absolute Gasteiger partial charge is 0.573 e. The number of rotatable bonds is 4. The smallest absolute Gasteiger partial charge is 0.406 e. The Hall–Kier alpha value is -3.07. The second-order valence-corrected chi connectivity index (χ2v) is 7.53. The van der Waals surface area contributed by atoms with Crippen molar-refractivity contribution in [3.8, 4) is 17.1 Å². The highest BCUT2D eigenvalue weighted by Crippen LogP contribution is 2.31. The van der Waals surface area contributed by atoms with Crippen LogP contribution in [0.15, 0.2) is 42.5 Å². The Morgan fingerprint density at radius 1 is 1.06 bits per heavy atom. The molecule has 1 aliphatic heterocycles. The van der Waals surface area contributed by atoms with Crippen LogP contribution in [0.4, 0.5) is 18.9 Å². The summed E-state index contributed by atoms with van der Waals surface area (Å²) in [6, 6.07) is 9.69. The maximum atomic E-state index is 12.5. The molecule has 10 heteroatoms. The normalized spacial score (nSPS) is 13.9. The zero-order chi connectivity index (χ0) is 22.0. The molecule has 0 fully saturated rings. The molecule has 0 bridgehead atoms. The number of carbonyl (C=O) groups excluding carboxylic acids is 1. The van der Waals surface area contributed by atoms with Crippen molar-refractivity contribution >= 4 is 23.2 Å². The summed E-state index contributed by atoms with van der Waals surface area (Å²) in [7, 11) is 0. The second-order valence-electron chi connectivity index (χ2n) is 7.12. The van der Waals surface area contributed by atoms with Gasteiger partial charge in [-0.25, -0.2) is 0 Å². The van der Waals surface area contributed by atoms with Crippen molar-refractivity contribution in [3.05, 3.63) is 58.9 Å². The van der Waals surface area contributed by atoms with E-state index in [-0.39, 0.29) is 5.56 Å². The highest BCUT2D eigenvalue weighted by Gasteiger charge is 2.31. The lowest BCUT2D eigenvalue weighted by atomic mass is 10.1. The first-order valence-electron chi connectivity index (χ1n) is 9.69. The van der Waals surface area contributed by atoms with Crippen LogP contribution in [0, 0.1) is 0 Å². The zero-order valence-corrected chi connectivity index (χ0v) is 17.0. The van der Waals surface area contributed by atoms with Gasteiger partial charge in [0.25, 0.3) is 5.91 Å². The van der Waals surface area contributed by atoms with Gasteiger partial charge < -0.3 is 14.6 Å². The van der Waals surface area contributed by atoms with Crippen molar-refractivity contribution < 1.29 is 22.7 Å². The molecule has 0 spiro atoms. The molecule has 4 rings (SSSR count). The summed E-state index contributed by atoms with van der Waals surface area (Å²) in [6.45, 7) is 0.803. The van der Waals surface area contributed by atoms with E-state index >= 15 is 0 Å². The van der Waals surface area contributed by atoms with Crippen LogP contribution in [0.2, 0.25) is 5.02 Å². The molecule has 2 aromatic carbocycles. The number of ether oxygens (including phenoxy) is 1. The van der Waals surface area contributed by atoms with Crippen LogP contribution in [-0.4, -0.2) is 27.0 Å². The van der Waals surface area contributed by atoms with E-state index in [2.05, 4.69) is 24.8 Å². The first-order chi connectivity index (χ1) is 14.8. The van der Waals surface area contributed by atoms with Gasteiger partial charge in [0.15, 0.2) is 5.82 Å². The number of aryl methyl sites for hydroxylation is 1. The molecular weight excluding hydrogens is 433 g/mol. The van der Waals surface area contributed by atoms with Crippen molar-refractivity contribution in [2.24, 2.45) is 0 Å². The molecule has 0 atom stereocenters. The van der Waals surface area contributed by atoms with Gasteiger partial charge in [-0.3, -0.25) is 4.79 Å². The molecule has 1 aromatic heterocycles. The Morgan fingerprint density at radius 2 is 1.84 bits per heavy atom. The van der Waals surface area contributed by atoms with Crippen molar-refractivity contribution in [1.82, 2.24) is 14.8 Å². The van der Waals surface area contributed by atoms with E-state index in [0.717, 1.165) is 50.2 Å². The fourth-order valence-corrected chi connectivity index (χ4v) is 3.67. The number of nitrogens with one attached hydrogen (secondary N) is 1. The van der Waals surface area contributed by atoms with E-state index in [0.29, 0.717) is 22.1 Å². The lowest BCUT2D eigenvalue weighted by Crippen LogP contribution is -2.17. The molecule has 3 aromatic rings. The SMILES string of the molecule is O=C(Nc1ccc(Cl)c(-c2nnc3n2CCCCC3)c1)c1ccc(OC(F)(F)F)cc1. The number of benzene rings is 2. The van der Waals surface area contributed by atoms with E-state index in [4.69, 9.17) is 11.6 Å². The van der Waals surface area contributed by atoms with Gasteiger partial charge >= 0.3 is 6.36 Å². The summed E-state index contributed by atoms with van der Waals surface area (Å²) >= 11 is 6.40. The van der Waals surface area contributed by atoms with Crippen LogP contribution in [0.5, 0.6) is 5.75 Å². The second kappa shape index (κ2) is 8.58. The highest BCUT2D eigenvalue weighted by atomic mass is 35.5. The molecule has 0 aliphatic carbocycles. The molecule has 1 aliphatic rings. The average molecular weight is 451 g/mol. The predicted molar refractivity (Wildman–Crippen MR) is 109 cm³/mol. The minimum atomic E-state index is -4.79. The highest BCUT2D eigenvalue weighted by molar-refractivity contribution is 6.33.